The molecule has 0 N–H and O–H groups in total. The topological polar surface area (TPSA) is 61.6 Å². The van der Waals surface area contributed by atoms with Gasteiger partial charge in [-0.15, -0.1) is 4.68 Å². The fraction of sp³-hybridized carbons (Fsp3) is 0.167. The van der Waals surface area contributed by atoms with E-state index < -0.39 is 0 Å². The van der Waals surface area contributed by atoms with Gasteiger partial charge in [0.2, 0.25) is 6.33 Å². The van der Waals surface area contributed by atoms with Crippen molar-refractivity contribution in [1.29, 1.82) is 0 Å². The van der Waals surface area contributed by atoms with Gasteiger partial charge in [-0.3, -0.25) is 0 Å². The van der Waals surface area contributed by atoms with Gasteiger partial charge in [-0.05, 0) is 11.9 Å². The Bertz CT molecular complexity index is 599. The number of benzene rings is 1. The van der Waals surface area contributed by atoms with Crippen LogP contribution in [0.2, 0.25) is 0 Å². The monoisotopic (exact) mass is 240 g/mol. The average molecular weight is 240 g/mol. The van der Waals surface area contributed by atoms with E-state index in [0.29, 0.717) is 12.4 Å². The van der Waals surface area contributed by atoms with Crippen molar-refractivity contribution in [3.8, 4) is 0 Å². The summed E-state index contributed by atoms with van der Waals surface area (Å²) >= 11 is 0. The number of rotatable bonds is 4. The largest absolute Gasteiger partial charge is 0.367 e. The van der Waals surface area contributed by atoms with Crippen LogP contribution in [0.25, 0.3) is 0 Å². The molecule has 0 fully saturated rings. The predicted molar refractivity (Wildman–Crippen MR) is 62.4 cm³/mol. The van der Waals surface area contributed by atoms with Crippen LogP contribution in [0.5, 0.6) is 0 Å². The van der Waals surface area contributed by atoms with Gasteiger partial charge in [-0.25, -0.2) is 4.57 Å². The minimum atomic E-state index is 0.592. The highest BCUT2D eigenvalue weighted by Gasteiger charge is 2.06. The van der Waals surface area contributed by atoms with Crippen molar-refractivity contribution >= 4 is 0 Å². The molecule has 0 saturated heterocycles. The second-order valence-corrected chi connectivity index (χ2v) is 3.98. The van der Waals surface area contributed by atoms with Crippen molar-refractivity contribution in [3.63, 3.8) is 0 Å². The molecule has 18 heavy (non-hydrogen) atoms. The average Bonchev–Trinajstić information content (AvgIpc) is 3.03. The van der Waals surface area contributed by atoms with Crippen LogP contribution in [0.1, 0.15) is 11.4 Å². The van der Waals surface area contributed by atoms with Crippen LogP contribution >= 0.6 is 0 Å². The summed E-state index contributed by atoms with van der Waals surface area (Å²) < 4.78 is 3.81. The highest BCUT2D eigenvalue weighted by Crippen LogP contribution is 1.99. The maximum Gasteiger partial charge on any atom is 0.265 e. The Labute approximate surface area is 104 Å². The molecular formula is C12H12N6. The third-order valence-electron chi connectivity index (χ3n) is 2.57. The van der Waals surface area contributed by atoms with E-state index in [0.717, 1.165) is 6.54 Å². The molecule has 2 heterocycles. The molecule has 0 bridgehead atoms. The van der Waals surface area contributed by atoms with Gasteiger partial charge in [-0.1, -0.05) is 30.3 Å². The molecule has 6 heteroatoms. The summed E-state index contributed by atoms with van der Waals surface area (Å²) in [6.07, 6.45) is 5.15. The third kappa shape index (κ3) is 2.42. The Morgan fingerprint density at radius 3 is 2.89 bits per heavy atom. The molecule has 0 radical (unpaired) electrons. The van der Waals surface area contributed by atoms with Crippen LogP contribution in [0.3, 0.4) is 0 Å². The van der Waals surface area contributed by atoms with E-state index >= 15 is 0 Å². The van der Waals surface area contributed by atoms with Crippen LogP contribution in [0.15, 0.2) is 49.3 Å². The summed E-state index contributed by atoms with van der Waals surface area (Å²) in [6.45, 7) is 1.35. The SMILES string of the molecule is c1ccc(Cn2c[n+](Cc3nnc[n-]3)cn2)cc1. The Balaban J connectivity index is 1.70. The molecule has 6 nitrogen and oxygen atoms in total. The fourth-order valence-corrected chi connectivity index (χ4v) is 1.74. The van der Waals surface area contributed by atoms with Crippen molar-refractivity contribution in [3.05, 3.63) is 60.7 Å². The molecule has 0 saturated carbocycles. The molecule has 90 valence electrons. The van der Waals surface area contributed by atoms with Gasteiger partial charge in [-0.2, -0.15) is 0 Å². The molecule has 0 unspecified atom stereocenters. The molecule has 0 atom stereocenters. The highest BCUT2D eigenvalue weighted by molar-refractivity contribution is 5.14. The first-order valence-corrected chi connectivity index (χ1v) is 5.65. The van der Waals surface area contributed by atoms with E-state index in [4.69, 9.17) is 0 Å². The van der Waals surface area contributed by atoms with Gasteiger partial charge in [0.25, 0.3) is 6.33 Å². The van der Waals surface area contributed by atoms with Crippen LogP contribution in [-0.4, -0.2) is 20.0 Å². The standard InChI is InChI=1S/C12H12N6/c1-2-4-11(5-3-1)6-18-10-17(9-15-18)7-12-13-8-14-16-12/h1-5,8-10H,6-7H2. The third-order valence-corrected chi connectivity index (χ3v) is 2.57. The molecule has 2 aromatic heterocycles. The molecule has 0 aliphatic rings. The molecule has 3 rings (SSSR count). The zero-order chi connectivity index (χ0) is 12.2. The quantitative estimate of drug-likeness (QED) is 0.603. The first-order chi connectivity index (χ1) is 8.90. The molecular weight excluding hydrogens is 228 g/mol. The zero-order valence-corrected chi connectivity index (χ0v) is 9.72. The smallest absolute Gasteiger partial charge is 0.265 e. The van der Waals surface area contributed by atoms with Gasteiger partial charge in [0, 0.05) is 10.9 Å². The van der Waals surface area contributed by atoms with Crippen LogP contribution in [0.4, 0.5) is 0 Å². The van der Waals surface area contributed by atoms with E-state index in [9.17, 15) is 0 Å². The van der Waals surface area contributed by atoms with Crippen LogP contribution in [0, 0.1) is 0 Å². The molecule has 1 aromatic carbocycles. The lowest BCUT2D eigenvalue weighted by molar-refractivity contribution is -0.690. The normalized spacial score (nSPS) is 10.7. The lowest BCUT2D eigenvalue weighted by atomic mass is 10.2. The maximum atomic E-state index is 4.30. The summed E-state index contributed by atoms with van der Waals surface area (Å²) in [6, 6.07) is 10.2. The van der Waals surface area contributed by atoms with Crippen molar-refractivity contribution in [2.45, 2.75) is 13.1 Å². The van der Waals surface area contributed by atoms with E-state index in [1.165, 1.54) is 11.9 Å². The Morgan fingerprint density at radius 2 is 2.11 bits per heavy atom. The molecule has 0 aliphatic carbocycles. The summed E-state index contributed by atoms with van der Waals surface area (Å²) in [5.41, 5.74) is 1.22. The van der Waals surface area contributed by atoms with Gasteiger partial charge >= 0.3 is 0 Å². The van der Waals surface area contributed by atoms with E-state index in [2.05, 4.69) is 32.4 Å². The van der Waals surface area contributed by atoms with Gasteiger partial charge < -0.3 is 15.2 Å². The summed E-state index contributed by atoms with van der Waals surface area (Å²) in [5, 5.41) is 11.9. The van der Waals surface area contributed by atoms with Crippen LogP contribution in [-0.2, 0) is 13.1 Å². The summed E-state index contributed by atoms with van der Waals surface area (Å²) in [4.78, 5) is 4.02. The number of hydrogen-bond acceptors (Lipinski definition) is 3. The summed E-state index contributed by atoms with van der Waals surface area (Å²) in [7, 11) is 0. The zero-order valence-electron chi connectivity index (χ0n) is 9.72. The van der Waals surface area contributed by atoms with E-state index in [-0.39, 0.29) is 0 Å². The second-order valence-electron chi connectivity index (χ2n) is 3.98. The first-order valence-electron chi connectivity index (χ1n) is 5.65. The highest BCUT2D eigenvalue weighted by atomic mass is 15.4. The maximum absolute atomic E-state index is 4.30. The predicted octanol–water partition coefficient (Wildman–Crippen LogP) is 0.0144. The van der Waals surface area contributed by atoms with Gasteiger partial charge in [0.05, 0.1) is 0 Å². The number of aromatic nitrogens is 6. The van der Waals surface area contributed by atoms with E-state index in [1.807, 2.05) is 33.8 Å². The van der Waals surface area contributed by atoms with Crippen molar-refractivity contribution in [2.75, 3.05) is 0 Å². The van der Waals surface area contributed by atoms with Crippen molar-refractivity contribution in [1.82, 2.24) is 25.0 Å². The molecule has 0 aliphatic heterocycles. The Hall–Kier alpha value is -2.50. The number of hydrogen-bond donors (Lipinski definition) is 0. The lowest BCUT2D eigenvalue weighted by Gasteiger charge is -1.96. The van der Waals surface area contributed by atoms with Gasteiger partial charge in [0.15, 0.2) is 0 Å². The Kier molecular flexibility index (Phi) is 2.83. The number of nitrogens with zero attached hydrogens (tertiary/aromatic N) is 6. The van der Waals surface area contributed by atoms with Crippen LogP contribution < -0.4 is 9.55 Å². The Morgan fingerprint density at radius 1 is 1.22 bits per heavy atom. The summed E-state index contributed by atoms with van der Waals surface area (Å²) in [5.74, 6) is 0.694. The lowest BCUT2D eigenvalue weighted by Crippen LogP contribution is -2.32. The van der Waals surface area contributed by atoms with Crippen molar-refractivity contribution in [2.24, 2.45) is 0 Å². The van der Waals surface area contributed by atoms with Gasteiger partial charge in [0.1, 0.15) is 13.1 Å². The second kappa shape index (κ2) is 4.79. The van der Waals surface area contributed by atoms with Crippen molar-refractivity contribution < 1.29 is 4.57 Å². The van der Waals surface area contributed by atoms with E-state index in [1.54, 1.807) is 6.33 Å². The molecule has 3 aromatic rings. The fourth-order valence-electron chi connectivity index (χ4n) is 1.74. The molecule has 0 amide bonds. The minimum absolute atomic E-state index is 0.592. The first kappa shape index (κ1) is 10.6. The minimum Gasteiger partial charge on any atom is -0.367 e. The molecule has 0 spiro atoms.